The molecule has 3 heteroatoms. The van der Waals surface area contributed by atoms with Crippen molar-refractivity contribution < 1.29 is 0 Å². The maximum atomic E-state index is 3.75. The third-order valence-corrected chi connectivity index (χ3v) is 4.88. The zero-order valence-corrected chi connectivity index (χ0v) is 14.8. The minimum absolute atomic E-state index is 0.677. The van der Waals surface area contributed by atoms with Crippen molar-refractivity contribution in [2.45, 2.75) is 46.6 Å². The van der Waals surface area contributed by atoms with Crippen LogP contribution < -0.4 is 10.2 Å². The summed E-state index contributed by atoms with van der Waals surface area (Å²) in [5, 5.41) is 3.69. The molecule has 0 aliphatic carbocycles. The fourth-order valence-corrected chi connectivity index (χ4v) is 4.21. The van der Waals surface area contributed by atoms with Crippen LogP contribution in [0.25, 0.3) is 0 Å². The number of hydrogen-bond acceptors (Lipinski definition) is 2. The number of benzene rings is 1. The number of halogens is 1. The van der Waals surface area contributed by atoms with Gasteiger partial charge in [0.25, 0.3) is 0 Å². The van der Waals surface area contributed by atoms with Gasteiger partial charge in [-0.2, -0.15) is 0 Å². The molecular formula is C17H27BrN2. The molecule has 1 aromatic carbocycles. The van der Waals surface area contributed by atoms with Crippen LogP contribution in [0.2, 0.25) is 0 Å². The second-order valence-electron chi connectivity index (χ2n) is 6.18. The smallest absolute Gasteiger partial charge is 0.0540 e. The molecule has 1 aromatic rings. The molecule has 1 fully saturated rings. The Kier molecular flexibility index (Phi) is 5.50. The highest BCUT2D eigenvalue weighted by molar-refractivity contribution is 9.10. The lowest BCUT2D eigenvalue weighted by Crippen LogP contribution is -2.48. The Bertz CT molecular complexity index is 435. The van der Waals surface area contributed by atoms with Crippen LogP contribution in [-0.2, 0) is 0 Å². The van der Waals surface area contributed by atoms with E-state index >= 15 is 0 Å². The van der Waals surface area contributed by atoms with Gasteiger partial charge >= 0.3 is 0 Å². The maximum Gasteiger partial charge on any atom is 0.0540 e. The highest BCUT2D eigenvalue weighted by Gasteiger charge is 2.27. The predicted molar refractivity (Wildman–Crippen MR) is 91.7 cm³/mol. The highest BCUT2D eigenvalue weighted by atomic mass is 79.9. The zero-order valence-electron chi connectivity index (χ0n) is 13.2. The van der Waals surface area contributed by atoms with E-state index in [9.17, 15) is 0 Å². The largest absolute Gasteiger partial charge is 0.370 e. The van der Waals surface area contributed by atoms with Gasteiger partial charge in [0.1, 0.15) is 0 Å². The average molecular weight is 339 g/mol. The van der Waals surface area contributed by atoms with Crippen molar-refractivity contribution in [2.75, 3.05) is 24.5 Å². The molecule has 0 aromatic heterocycles. The average Bonchev–Trinajstić information content (AvgIpc) is 2.36. The van der Waals surface area contributed by atoms with Crippen LogP contribution in [0.5, 0.6) is 0 Å². The third kappa shape index (κ3) is 3.56. The molecule has 1 heterocycles. The molecule has 0 spiro atoms. The number of nitrogens with one attached hydrogen (secondary N) is 1. The van der Waals surface area contributed by atoms with Crippen LogP contribution >= 0.6 is 15.9 Å². The van der Waals surface area contributed by atoms with Gasteiger partial charge in [-0.15, -0.1) is 0 Å². The van der Waals surface area contributed by atoms with Crippen LogP contribution in [0.3, 0.4) is 0 Å². The van der Waals surface area contributed by atoms with Gasteiger partial charge in [0, 0.05) is 23.6 Å². The van der Waals surface area contributed by atoms with E-state index in [-0.39, 0.29) is 0 Å². The molecule has 0 saturated carbocycles. The molecule has 1 aliphatic heterocycles. The summed E-state index contributed by atoms with van der Waals surface area (Å²) in [6, 6.07) is 5.19. The minimum Gasteiger partial charge on any atom is -0.370 e. The summed E-state index contributed by atoms with van der Waals surface area (Å²) in [5.41, 5.74) is 4.09. The standard InChI is InChI=1S/C17H27BrN2/c1-5-7-19-16-6-8-20(11-14(16)4)17-13(3)9-12(2)10-15(17)18/h9-10,14,16,19H,5-8,11H2,1-4H3. The van der Waals surface area contributed by atoms with E-state index in [0.29, 0.717) is 12.0 Å². The van der Waals surface area contributed by atoms with E-state index in [1.807, 2.05) is 0 Å². The summed E-state index contributed by atoms with van der Waals surface area (Å²) >= 11 is 3.75. The summed E-state index contributed by atoms with van der Waals surface area (Å²) in [7, 11) is 0. The molecule has 2 rings (SSSR count). The molecule has 1 N–H and O–H groups in total. The third-order valence-electron chi connectivity index (χ3n) is 4.28. The summed E-state index contributed by atoms with van der Waals surface area (Å²) < 4.78 is 1.24. The number of anilines is 1. The van der Waals surface area contributed by atoms with Crippen molar-refractivity contribution in [3.8, 4) is 0 Å². The van der Waals surface area contributed by atoms with E-state index in [4.69, 9.17) is 0 Å². The lowest BCUT2D eigenvalue weighted by Gasteiger charge is -2.40. The fraction of sp³-hybridized carbons (Fsp3) is 0.647. The molecule has 0 radical (unpaired) electrons. The molecule has 20 heavy (non-hydrogen) atoms. The van der Waals surface area contributed by atoms with E-state index in [1.54, 1.807) is 0 Å². The van der Waals surface area contributed by atoms with Crippen LogP contribution in [0.15, 0.2) is 16.6 Å². The summed E-state index contributed by atoms with van der Waals surface area (Å²) in [4.78, 5) is 2.55. The van der Waals surface area contributed by atoms with E-state index in [2.05, 4.69) is 66.0 Å². The summed E-state index contributed by atoms with van der Waals surface area (Å²) in [6.45, 7) is 12.4. The SMILES string of the molecule is CCCNC1CCN(c2c(C)cc(C)cc2Br)CC1C. The lowest BCUT2D eigenvalue weighted by molar-refractivity contribution is 0.322. The van der Waals surface area contributed by atoms with E-state index in [1.165, 1.54) is 34.1 Å². The van der Waals surface area contributed by atoms with Gasteiger partial charge in [0.05, 0.1) is 5.69 Å². The zero-order chi connectivity index (χ0) is 14.7. The first-order valence-electron chi connectivity index (χ1n) is 7.78. The predicted octanol–water partition coefficient (Wildman–Crippen LogP) is 4.28. The van der Waals surface area contributed by atoms with Gasteiger partial charge in [0.2, 0.25) is 0 Å². The molecule has 2 atom stereocenters. The van der Waals surface area contributed by atoms with Crippen molar-refractivity contribution >= 4 is 21.6 Å². The number of hydrogen-bond donors (Lipinski definition) is 1. The second kappa shape index (κ2) is 6.95. The number of nitrogens with zero attached hydrogens (tertiary/aromatic N) is 1. The minimum atomic E-state index is 0.677. The van der Waals surface area contributed by atoms with Crippen LogP contribution in [-0.4, -0.2) is 25.7 Å². The topological polar surface area (TPSA) is 15.3 Å². The second-order valence-corrected chi connectivity index (χ2v) is 7.04. The van der Waals surface area contributed by atoms with E-state index < -0.39 is 0 Å². The highest BCUT2D eigenvalue weighted by Crippen LogP contribution is 2.34. The monoisotopic (exact) mass is 338 g/mol. The van der Waals surface area contributed by atoms with Gasteiger partial charge in [-0.05, 0) is 72.3 Å². The Morgan fingerprint density at radius 3 is 2.70 bits per heavy atom. The molecule has 1 aliphatic rings. The molecule has 2 nitrogen and oxygen atoms in total. The molecule has 112 valence electrons. The van der Waals surface area contributed by atoms with Gasteiger partial charge in [-0.1, -0.05) is 19.9 Å². The number of piperidine rings is 1. The number of rotatable bonds is 4. The van der Waals surface area contributed by atoms with Gasteiger partial charge in [0.15, 0.2) is 0 Å². The Morgan fingerprint density at radius 1 is 1.35 bits per heavy atom. The number of aryl methyl sites for hydroxylation is 2. The Balaban J connectivity index is 2.09. The first-order valence-corrected chi connectivity index (χ1v) is 8.57. The van der Waals surface area contributed by atoms with Crippen LogP contribution in [0.1, 0.15) is 37.8 Å². The molecule has 1 saturated heterocycles. The summed E-state index contributed by atoms with van der Waals surface area (Å²) in [6.07, 6.45) is 2.45. The normalized spacial score (nSPS) is 23.1. The van der Waals surface area contributed by atoms with Gasteiger partial charge < -0.3 is 10.2 Å². The molecule has 0 amide bonds. The van der Waals surface area contributed by atoms with Gasteiger partial charge in [-0.3, -0.25) is 0 Å². The molecule has 2 unspecified atom stereocenters. The Morgan fingerprint density at radius 2 is 2.10 bits per heavy atom. The van der Waals surface area contributed by atoms with Gasteiger partial charge in [-0.25, -0.2) is 0 Å². The van der Waals surface area contributed by atoms with Crippen molar-refractivity contribution in [2.24, 2.45) is 5.92 Å². The fourth-order valence-electron chi connectivity index (χ4n) is 3.29. The van der Waals surface area contributed by atoms with Crippen molar-refractivity contribution in [1.29, 1.82) is 0 Å². The Hall–Kier alpha value is -0.540. The lowest BCUT2D eigenvalue weighted by atomic mass is 9.92. The van der Waals surface area contributed by atoms with Crippen molar-refractivity contribution in [1.82, 2.24) is 5.32 Å². The quantitative estimate of drug-likeness (QED) is 0.881. The van der Waals surface area contributed by atoms with E-state index in [0.717, 1.165) is 19.6 Å². The van der Waals surface area contributed by atoms with Crippen molar-refractivity contribution in [3.63, 3.8) is 0 Å². The Labute approximate surface area is 132 Å². The van der Waals surface area contributed by atoms with Crippen LogP contribution in [0.4, 0.5) is 5.69 Å². The first-order chi connectivity index (χ1) is 9.52. The molecule has 0 bridgehead atoms. The van der Waals surface area contributed by atoms with Crippen LogP contribution in [0, 0.1) is 19.8 Å². The summed E-state index contributed by atoms with van der Waals surface area (Å²) in [5.74, 6) is 0.697. The van der Waals surface area contributed by atoms with Crippen molar-refractivity contribution in [3.05, 3.63) is 27.7 Å². The molecular weight excluding hydrogens is 312 g/mol. The first kappa shape index (κ1) is 15.8. The maximum absolute atomic E-state index is 3.75.